The zero-order chi connectivity index (χ0) is 19.1. The van der Waals surface area contributed by atoms with Gasteiger partial charge >= 0.3 is 0 Å². The summed E-state index contributed by atoms with van der Waals surface area (Å²) in [5.74, 6) is 0.609. The molecule has 27 heavy (non-hydrogen) atoms. The molecule has 0 aliphatic carbocycles. The second-order valence-corrected chi connectivity index (χ2v) is 5.85. The molecule has 0 radical (unpaired) electrons. The molecule has 136 valence electrons. The molecule has 3 rings (SSSR count). The highest BCUT2D eigenvalue weighted by atomic mass is 16.5. The molecule has 0 saturated carbocycles. The van der Waals surface area contributed by atoms with Crippen LogP contribution in [0.1, 0.15) is 5.56 Å². The van der Waals surface area contributed by atoms with E-state index in [1.807, 2.05) is 30.3 Å². The van der Waals surface area contributed by atoms with Crippen LogP contribution >= 0.6 is 0 Å². The average molecular weight is 359 g/mol. The summed E-state index contributed by atoms with van der Waals surface area (Å²) in [6.45, 7) is 0.480. The minimum atomic E-state index is -0.130. The van der Waals surface area contributed by atoms with Gasteiger partial charge in [-0.2, -0.15) is 4.99 Å². The van der Waals surface area contributed by atoms with Crippen LogP contribution in [0.25, 0.3) is 11.1 Å². The predicted molar refractivity (Wildman–Crippen MR) is 110 cm³/mol. The summed E-state index contributed by atoms with van der Waals surface area (Å²) in [4.78, 5) is 7.76. The molecule has 0 spiro atoms. The van der Waals surface area contributed by atoms with Gasteiger partial charge in [-0.3, -0.25) is 0 Å². The molecule has 0 aliphatic heterocycles. The third kappa shape index (κ3) is 5.34. The van der Waals surface area contributed by atoms with Crippen LogP contribution in [-0.2, 0) is 6.61 Å². The van der Waals surface area contributed by atoms with Crippen molar-refractivity contribution in [2.45, 2.75) is 6.61 Å². The van der Waals surface area contributed by atoms with Gasteiger partial charge in [0.05, 0.1) is 5.69 Å². The number of hydrogen-bond acceptors (Lipinski definition) is 2. The Kier molecular flexibility index (Phi) is 5.69. The Morgan fingerprint density at radius 1 is 0.741 bits per heavy atom. The molecular formula is C21H21N5O. The number of guanidine groups is 2. The van der Waals surface area contributed by atoms with Gasteiger partial charge in [0, 0.05) is 0 Å². The van der Waals surface area contributed by atoms with Gasteiger partial charge in [0.15, 0.2) is 5.96 Å². The van der Waals surface area contributed by atoms with E-state index in [0.717, 1.165) is 11.3 Å². The highest BCUT2D eigenvalue weighted by Crippen LogP contribution is 2.21. The summed E-state index contributed by atoms with van der Waals surface area (Å²) in [7, 11) is 0. The fraction of sp³-hybridized carbons (Fsp3) is 0.0476. The first-order chi connectivity index (χ1) is 13.1. The molecule has 0 heterocycles. The van der Waals surface area contributed by atoms with E-state index in [-0.39, 0.29) is 11.9 Å². The van der Waals surface area contributed by atoms with Crippen LogP contribution in [0.5, 0.6) is 5.75 Å². The highest BCUT2D eigenvalue weighted by Gasteiger charge is 2.00. The maximum Gasteiger partial charge on any atom is 0.223 e. The smallest absolute Gasteiger partial charge is 0.223 e. The lowest BCUT2D eigenvalue weighted by molar-refractivity contribution is 0.306. The summed E-state index contributed by atoms with van der Waals surface area (Å²) < 4.78 is 5.81. The number of rotatable bonds is 5. The van der Waals surface area contributed by atoms with Gasteiger partial charge in [-0.1, -0.05) is 54.6 Å². The molecule has 0 aliphatic rings. The van der Waals surface area contributed by atoms with E-state index in [1.165, 1.54) is 11.1 Å². The van der Waals surface area contributed by atoms with E-state index < -0.39 is 0 Å². The Morgan fingerprint density at radius 2 is 1.37 bits per heavy atom. The van der Waals surface area contributed by atoms with Gasteiger partial charge in [0.1, 0.15) is 12.4 Å². The first-order valence-electron chi connectivity index (χ1n) is 8.41. The van der Waals surface area contributed by atoms with Gasteiger partial charge in [-0.25, -0.2) is 4.99 Å². The Morgan fingerprint density at radius 3 is 2.00 bits per heavy atom. The van der Waals surface area contributed by atoms with Crippen molar-refractivity contribution in [3.63, 3.8) is 0 Å². The summed E-state index contributed by atoms with van der Waals surface area (Å²) in [5, 5.41) is 0. The van der Waals surface area contributed by atoms with Crippen LogP contribution in [0.2, 0.25) is 0 Å². The van der Waals surface area contributed by atoms with Crippen LogP contribution in [0.15, 0.2) is 88.8 Å². The molecule has 6 nitrogen and oxygen atoms in total. The van der Waals surface area contributed by atoms with Gasteiger partial charge < -0.3 is 21.9 Å². The van der Waals surface area contributed by atoms with Crippen LogP contribution in [-0.4, -0.2) is 11.9 Å². The molecule has 3 aromatic carbocycles. The summed E-state index contributed by atoms with van der Waals surface area (Å²) in [5.41, 5.74) is 20.2. The topological polar surface area (TPSA) is 112 Å². The molecule has 0 atom stereocenters. The number of hydrogen-bond donors (Lipinski definition) is 3. The normalized spacial score (nSPS) is 11.0. The zero-order valence-electron chi connectivity index (χ0n) is 14.7. The molecular weight excluding hydrogens is 338 g/mol. The van der Waals surface area contributed by atoms with Crippen molar-refractivity contribution in [1.29, 1.82) is 0 Å². The number of nitrogens with two attached hydrogens (primary N) is 3. The van der Waals surface area contributed by atoms with E-state index >= 15 is 0 Å². The van der Waals surface area contributed by atoms with Crippen molar-refractivity contribution in [2.24, 2.45) is 27.2 Å². The van der Waals surface area contributed by atoms with Crippen molar-refractivity contribution in [1.82, 2.24) is 0 Å². The lowest BCUT2D eigenvalue weighted by Gasteiger charge is -2.08. The standard InChI is InChI=1S/C21H21N5O/c22-20(23)26-21(24)25-18-10-12-19(13-11-18)27-14-15-6-8-17(9-7-15)16-4-2-1-3-5-16/h1-13H,14H2,(H6,22,23,24,25,26). The fourth-order valence-corrected chi connectivity index (χ4v) is 2.50. The van der Waals surface area contributed by atoms with Gasteiger partial charge in [-0.15, -0.1) is 0 Å². The molecule has 0 fully saturated rings. The average Bonchev–Trinajstić information content (AvgIpc) is 2.68. The van der Waals surface area contributed by atoms with Crippen LogP contribution in [0.3, 0.4) is 0 Å². The monoisotopic (exact) mass is 359 g/mol. The van der Waals surface area contributed by atoms with Crippen LogP contribution < -0.4 is 21.9 Å². The minimum Gasteiger partial charge on any atom is -0.489 e. The molecule has 6 N–H and O–H groups in total. The van der Waals surface area contributed by atoms with E-state index in [2.05, 4.69) is 46.4 Å². The lowest BCUT2D eigenvalue weighted by Crippen LogP contribution is -2.26. The Labute approximate surface area is 158 Å². The van der Waals surface area contributed by atoms with Crippen molar-refractivity contribution in [3.05, 3.63) is 84.4 Å². The van der Waals surface area contributed by atoms with E-state index in [1.54, 1.807) is 12.1 Å². The van der Waals surface area contributed by atoms with Crippen molar-refractivity contribution < 1.29 is 4.74 Å². The summed E-state index contributed by atoms with van der Waals surface area (Å²) >= 11 is 0. The molecule has 6 heteroatoms. The number of benzene rings is 3. The Bertz CT molecular complexity index is 929. The molecule has 0 bridgehead atoms. The summed E-state index contributed by atoms with van der Waals surface area (Å²) in [6, 6.07) is 25.8. The third-order valence-corrected chi connectivity index (χ3v) is 3.79. The minimum absolute atomic E-state index is 0.00201. The SMILES string of the molecule is NC(N)=NC(N)=Nc1ccc(OCc2ccc(-c3ccccc3)cc2)cc1. The fourth-order valence-electron chi connectivity index (χ4n) is 2.50. The van der Waals surface area contributed by atoms with Crippen LogP contribution in [0.4, 0.5) is 5.69 Å². The quantitative estimate of drug-likeness (QED) is 0.480. The Balaban J connectivity index is 1.59. The number of nitrogens with zero attached hydrogens (tertiary/aromatic N) is 2. The second kappa shape index (κ2) is 8.53. The molecule has 0 aromatic heterocycles. The Hall–Kier alpha value is -3.80. The first-order valence-corrected chi connectivity index (χ1v) is 8.41. The van der Waals surface area contributed by atoms with Crippen molar-refractivity contribution in [2.75, 3.05) is 0 Å². The van der Waals surface area contributed by atoms with Gasteiger partial charge in [0.25, 0.3) is 0 Å². The first kappa shape index (κ1) is 18.0. The second-order valence-electron chi connectivity index (χ2n) is 5.85. The van der Waals surface area contributed by atoms with E-state index in [9.17, 15) is 0 Å². The van der Waals surface area contributed by atoms with E-state index in [0.29, 0.717) is 12.3 Å². The lowest BCUT2D eigenvalue weighted by atomic mass is 10.0. The zero-order valence-corrected chi connectivity index (χ0v) is 14.7. The van der Waals surface area contributed by atoms with Gasteiger partial charge in [-0.05, 0) is 41.0 Å². The van der Waals surface area contributed by atoms with Gasteiger partial charge in [0.2, 0.25) is 5.96 Å². The van der Waals surface area contributed by atoms with Crippen molar-refractivity contribution in [3.8, 4) is 16.9 Å². The summed E-state index contributed by atoms with van der Waals surface area (Å²) in [6.07, 6.45) is 0. The molecule has 3 aromatic rings. The maximum atomic E-state index is 5.81. The van der Waals surface area contributed by atoms with Crippen LogP contribution in [0, 0.1) is 0 Å². The van der Waals surface area contributed by atoms with E-state index in [4.69, 9.17) is 21.9 Å². The highest BCUT2D eigenvalue weighted by molar-refractivity contribution is 5.93. The number of ether oxygens (including phenoxy) is 1. The molecule has 0 unspecified atom stereocenters. The number of aliphatic imine (C=N–C) groups is 2. The molecule has 0 amide bonds. The third-order valence-electron chi connectivity index (χ3n) is 3.79. The molecule has 0 saturated heterocycles. The van der Waals surface area contributed by atoms with Crippen molar-refractivity contribution >= 4 is 17.6 Å². The maximum absolute atomic E-state index is 5.81. The predicted octanol–water partition coefficient (Wildman–Crippen LogP) is 3.15. The largest absolute Gasteiger partial charge is 0.489 e.